The molecule has 1 unspecified atom stereocenters. The SMILES string of the molecule is CO/C(=C\C(=O)[O-])C(C)Oc1ccc(Nc2ccc(C(F)(F)F)cc2[N+](=O)[O-])cc1. The molecule has 0 saturated heterocycles. The number of ether oxygens (including phenoxy) is 2. The van der Waals surface area contributed by atoms with Gasteiger partial charge in [-0.25, -0.2) is 0 Å². The number of hydrogen-bond donors (Lipinski definition) is 1. The molecule has 0 radical (unpaired) electrons. The van der Waals surface area contributed by atoms with Crippen LogP contribution in [0.15, 0.2) is 54.3 Å². The third-order valence-electron chi connectivity index (χ3n) is 3.86. The highest BCUT2D eigenvalue weighted by Crippen LogP contribution is 2.36. The van der Waals surface area contributed by atoms with Crippen molar-refractivity contribution in [3.63, 3.8) is 0 Å². The maximum absolute atomic E-state index is 12.8. The van der Waals surface area contributed by atoms with E-state index in [1.165, 1.54) is 31.4 Å². The van der Waals surface area contributed by atoms with Gasteiger partial charge in [-0.05, 0) is 43.3 Å². The Balaban J connectivity index is 2.18. The van der Waals surface area contributed by atoms with Crippen molar-refractivity contribution in [3.8, 4) is 5.75 Å². The highest BCUT2D eigenvalue weighted by atomic mass is 19.4. The summed E-state index contributed by atoms with van der Waals surface area (Å²) in [6.45, 7) is 1.55. The van der Waals surface area contributed by atoms with Crippen molar-refractivity contribution in [1.82, 2.24) is 0 Å². The van der Waals surface area contributed by atoms with Gasteiger partial charge in [0, 0.05) is 17.8 Å². The van der Waals surface area contributed by atoms with Crippen LogP contribution >= 0.6 is 0 Å². The van der Waals surface area contributed by atoms with E-state index >= 15 is 0 Å². The van der Waals surface area contributed by atoms with Crippen LogP contribution in [0.1, 0.15) is 12.5 Å². The standard InChI is InChI=1S/C19H17F3N2O6/c1-11(17(29-2)10-18(25)26)30-14-6-4-13(5-7-14)23-15-8-3-12(19(20,21)22)9-16(15)24(27)28/h3-11,23H,1-2H3,(H,25,26)/p-1/b17-10-. The highest BCUT2D eigenvalue weighted by Gasteiger charge is 2.33. The van der Waals surface area contributed by atoms with Crippen LogP contribution in [0, 0.1) is 10.1 Å². The molecule has 0 bridgehead atoms. The summed E-state index contributed by atoms with van der Waals surface area (Å²) < 4.78 is 48.8. The van der Waals surface area contributed by atoms with Crippen LogP contribution in [0.25, 0.3) is 0 Å². The summed E-state index contributed by atoms with van der Waals surface area (Å²) in [5.41, 5.74) is -1.62. The molecule has 0 aromatic heterocycles. The third-order valence-corrected chi connectivity index (χ3v) is 3.86. The number of nitrogens with one attached hydrogen (secondary N) is 1. The topological polar surface area (TPSA) is 114 Å². The van der Waals surface area contributed by atoms with E-state index in [-0.39, 0.29) is 11.4 Å². The van der Waals surface area contributed by atoms with Crippen LogP contribution < -0.4 is 15.2 Å². The number of alkyl halides is 3. The minimum absolute atomic E-state index is 0.0255. The van der Waals surface area contributed by atoms with Crippen LogP contribution in [-0.4, -0.2) is 24.1 Å². The fourth-order valence-corrected chi connectivity index (χ4v) is 2.46. The van der Waals surface area contributed by atoms with Gasteiger partial charge in [0.15, 0.2) is 6.10 Å². The highest BCUT2D eigenvalue weighted by molar-refractivity contribution is 5.78. The maximum atomic E-state index is 12.8. The number of hydrogen-bond acceptors (Lipinski definition) is 7. The quantitative estimate of drug-likeness (QED) is 0.298. The second-order valence-corrected chi connectivity index (χ2v) is 5.97. The number of benzene rings is 2. The largest absolute Gasteiger partial charge is 0.545 e. The lowest BCUT2D eigenvalue weighted by Crippen LogP contribution is -2.24. The summed E-state index contributed by atoms with van der Waals surface area (Å²) in [5.74, 6) is -1.09. The first-order chi connectivity index (χ1) is 14.0. The molecule has 0 aliphatic rings. The number of rotatable bonds is 8. The zero-order valence-electron chi connectivity index (χ0n) is 15.7. The zero-order valence-corrected chi connectivity index (χ0v) is 15.7. The summed E-state index contributed by atoms with van der Waals surface area (Å²) >= 11 is 0. The number of aliphatic carboxylic acids is 1. The first-order valence-corrected chi connectivity index (χ1v) is 8.37. The molecule has 1 N–H and O–H groups in total. The molecule has 0 fully saturated rings. The van der Waals surface area contributed by atoms with Gasteiger partial charge in [-0.1, -0.05) is 0 Å². The van der Waals surface area contributed by atoms with Gasteiger partial charge in [0.1, 0.15) is 17.2 Å². The minimum atomic E-state index is -4.70. The Bertz CT molecular complexity index is 958. The van der Waals surface area contributed by atoms with Gasteiger partial charge in [-0.15, -0.1) is 0 Å². The zero-order chi connectivity index (χ0) is 22.5. The Morgan fingerprint density at radius 1 is 1.20 bits per heavy atom. The number of carboxylic acids is 1. The van der Waals surface area contributed by atoms with Crippen molar-refractivity contribution < 1.29 is 37.5 Å². The summed E-state index contributed by atoms with van der Waals surface area (Å²) in [6.07, 6.45) is -4.70. The van der Waals surface area contributed by atoms with Crippen LogP contribution in [0.2, 0.25) is 0 Å². The number of carboxylic acid groups (broad SMARTS) is 1. The molecule has 0 aliphatic heterocycles. The fraction of sp³-hybridized carbons (Fsp3) is 0.211. The summed E-state index contributed by atoms with van der Waals surface area (Å²) in [6, 6.07) is 8.11. The predicted octanol–water partition coefficient (Wildman–Crippen LogP) is 3.40. The van der Waals surface area contributed by atoms with Crippen molar-refractivity contribution in [3.05, 3.63) is 70.0 Å². The number of carbonyl (C=O) groups is 1. The molecule has 1 atom stereocenters. The molecule has 30 heavy (non-hydrogen) atoms. The second kappa shape index (κ2) is 9.16. The van der Waals surface area contributed by atoms with Gasteiger partial charge < -0.3 is 24.7 Å². The molecule has 160 valence electrons. The Kier molecular flexibility index (Phi) is 6.88. The molecular weight excluding hydrogens is 409 g/mol. The van der Waals surface area contributed by atoms with Crippen molar-refractivity contribution >= 4 is 23.0 Å². The molecule has 0 aliphatic carbocycles. The average molecular weight is 425 g/mol. The van der Waals surface area contributed by atoms with Gasteiger partial charge in [0.25, 0.3) is 5.69 Å². The number of anilines is 2. The number of carbonyl (C=O) groups excluding carboxylic acids is 1. The van der Waals surface area contributed by atoms with Crippen LogP contribution in [0.4, 0.5) is 30.2 Å². The van der Waals surface area contributed by atoms with Gasteiger partial charge in [-0.2, -0.15) is 13.2 Å². The number of methoxy groups -OCH3 is 1. The van der Waals surface area contributed by atoms with Crippen molar-refractivity contribution in [2.45, 2.75) is 19.2 Å². The molecule has 2 aromatic carbocycles. The molecule has 11 heteroatoms. The van der Waals surface area contributed by atoms with E-state index in [0.717, 1.165) is 18.2 Å². The number of nitro benzene ring substituents is 1. The van der Waals surface area contributed by atoms with Gasteiger partial charge in [-0.3, -0.25) is 10.1 Å². The molecule has 0 spiro atoms. The van der Waals surface area contributed by atoms with E-state index in [1.807, 2.05) is 0 Å². The number of nitro groups is 1. The Morgan fingerprint density at radius 2 is 1.83 bits per heavy atom. The van der Waals surface area contributed by atoms with E-state index < -0.39 is 34.4 Å². The van der Waals surface area contributed by atoms with Crippen LogP contribution in [-0.2, 0) is 15.7 Å². The molecule has 0 amide bonds. The lowest BCUT2D eigenvalue weighted by Gasteiger charge is -2.18. The Morgan fingerprint density at radius 3 is 2.33 bits per heavy atom. The summed E-state index contributed by atoms with van der Waals surface area (Å²) in [5, 5.41) is 24.5. The van der Waals surface area contributed by atoms with Gasteiger partial charge in [0.2, 0.25) is 0 Å². The molecule has 0 saturated carbocycles. The molecule has 2 aromatic rings. The number of halogens is 3. The smallest absolute Gasteiger partial charge is 0.416 e. The maximum Gasteiger partial charge on any atom is 0.416 e. The van der Waals surface area contributed by atoms with Crippen molar-refractivity contribution in [1.29, 1.82) is 0 Å². The van der Waals surface area contributed by atoms with E-state index in [9.17, 15) is 33.2 Å². The lowest BCUT2D eigenvalue weighted by molar-refractivity contribution is -0.384. The monoisotopic (exact) mass is 425 g/mol. The fourth-order valence-electron chi connectivity index (χ4n) is 2.46. The third kappa shape index (κ3) is 5.87. The molecule has 2 rings (SSSR count). The second-order valence-electron chi connectivity index (χ2n) is 5.97. The van der Waals surface area contributed by atoms with Crippen molar-refractivity contribution in [2.75, 3.05) is 12.4 Å². The van der Waals surface area contributed by atoms with E-state index in [1.54, 1.807) is 6.92 Å². The van der Waals surface area contributed by atoms with E-state index in [0.29, 0.717) is 17.5 Å². The Hall–Kier alpha value is -3.76. The molecule has 0 heterocycles. The van der Waals surface area contributed by atoms with E-state index in [2.05, 4.69) is 5.32 Å². The predicted molar refractivity (Wildman–Crippen MR) is 98.0 cm³/mol. The Labute approximate surface area is 168 Å². The van der Waals surface area contributed by atoms with E-state index in [4.69, 9.17) is 9.47 Å². The minimum Gasteiger partial charge on any atom is -0.545 e. The lowest BCUT2D eigenvalue weighted by atomic mass is 10.1. The van der Waals surface area contributed by atoms with Crippen LogP contribution in [0.5, 0.6) is 5.75 Å². The molecular formula is C19H16F3N2O6-. The van der Waals surface area contributed by atoms with Gasteiger partial charge in [0.05, 0.1) is 23.6 Å². The number of nitrogens with zero attached hydrogens (tertiary/aromatic N) is 1. The van der Waals surface area contributed by atoms with Crippen LogP contribution in [0.3, 0.4) is 0 Å². The summed E-state index contributed by atoms with van der Waals surface area (Å²) in [4.78, 5) is 20.9. The first-order valence-electron chi connectivity index (χ1n) is 8.37. The van der Waals surface area contributed by atoms with Crippen molar-refractivity contribution in [2.24, 2.45) is 0 Å². The first kappa shape index (κ1) is 22.5. The molecule has 8 nitrogen and oxygen atoms in total. The average Bonchev–Trinajstić information content (AvgIpc) is 2.66. The van der Waals surface area contributed by atoms with Gasteiger partial charge >= 0.3 is 6.18 Å². The normalized spacial score (nSPS) is 12.8. The summed E-state index contributed by atoms with van der Waals surface area (Å²) in [7, 11) is 1.28.